The number of nitrogens with zero attached hydrogens (tertiary/aromatic N) is 3. The first-order chi connectivity index (χ1) is 10.9. The van der Waals surface area contributed by atoms with Crippen molar-refractivity contribution in [3.8, 4) is 0 Å². The zero-order valence-electron chi connectivity index (χ0n) is 12.4. The number of hydrogen-bond acceptors (Lipinski definition) is 5. The molecule has 2 aromatic heterocycles. The molecule has 0 aliphatic carbocycles. The van der Waals surface area contributed by atoms with Crippen LogP contribution in [0.1, 0.15) is 31.4 Å². The molecule has 0 saturated heterocycles. The largest absolute Gasteiger partial charge is 0.309 e. The number of aromatic nitrogens is 5. The Labute approximate surface area is 153 Å². The predicted octanol–water partition coefficient (Wildman–Crippen LogP) is 3.98. The van der Waals surface area contributed by atoms with Gasteiger partial charge in [0.2, 0.25) is 5.16 Å². The van der Waals surface area contributed by atoms with E-state index in [9.17, 15) is 4.79 Å². The molecule has 1 aromatic carbocycles. The zero-order chi connectivity index (χ0) is 16.6. The Morgan fingerprint density at radius 2 is 2.04 bits per heavy atom. The molecule has 0 radical (unpaired) electrons. The van der Waals surface area contributed by atoms with E-state index in [1.807, 2.05) is 19.9 Å². The zero-order valence-corrected chi connectivity index (χ0v) is 16.3. The Bertz CT molecular complexity index is 921. The molecule has 0 aliphatic heterocycles. The molecule has 23 heavy (non-hydrogen) atoms. The Balaban J connectivity index is 1.87. The molecule has 0 unspecified atom stereocenters. The van der Waals surface area contributed by atoms with E-state index in [4.69, 9.17) is 0 Å². The van der Waals surface area contributed by atoms with Gasteiger partial charge < -0.3 is 4.98 Å². The van der Waals surface area contributed by atoms with Crippen molar-refractivity contribution in [1.29, 1.82) is 0 Å². The van der Waals surface area contributed by atoms with Crippen molar-refractivity contribution in [2.75, 3.05) is 0 Å². The molecule has 6 nitrogen and oxygen atoms in total. The van der Waals surface area contributed by atoms with Gasteiger partial charge >= 0.3 is 0 Å². The summed E-state index contributed by atoms with van der Waals surface area (Å²) in [5.74, 6) is 2.22. The minimum absolute atomic E-state index is 0.162. The van der Waals surface area contributed by atoms with Crippen LogP contribution in [-0.4, -0.2) is 25.1 Å². The van der Waals surface area contributed by atoms with Crippen LogP contribution < -0.4 is 5.56 Å². The van der Waals surface area contributed by atoms with E-state index in [1.54, 1.807) is 6.07 Å². The molecule has 120 valence electrons. The first kappa shape index (κ1) is 16.7. The van der Waals surface area contributed by atoms with Crippen LogP contribution in [0.4, 0.5) is 0 Å². The number of hydrogen-bond donors (Lipinski definition) is 2. The predicted molar refractivity (Wildman–Crippen MR) is 97.8 cm³/mol. The summed E-state index contributed by atoms with van der Waals surface area (Å²) in [5, 5.41) is 8.26. The summed E-state index contributed by atoms with van der Waals surface area (Å²) in [6.07, 6.45) is 0. The number of halogens is 2. The lowest BCUT2D eigenvalue weighted by atomic mass is 10.2. The van der Waals surface area contributed by atoms with Crippen LogP contribution in [0.25, 0.3) is 10.9 Å². The Morgan fingerprint density at radius 1 is 1.26 bits per heavy atom. The Hall–Kier alpha value is -1.19. The molecule has 2 N–H and O–H groups in total. The number of H-pyrrole nitrogens is 2. The number of fused-ring (bicyclic) bond motifs is 1. The Morgan fingerprint density at radius 3 is 2.74 bits per heavy atom. The highest BCUT2D eigenvalue weighted by Gasteiger charge is 2.11. The second-order valence-electron chi connectivity index (χ2n) is 5.24. The molecule has 0 saturated carbocycles. The molecule has 2 heterocycles. The second kappa shape index (κ2) is 6.74. The topological polar surface area (TPSA) is 87.3 Å². The fourth-order valence-electron chi connectivity index (χ4n) is 2.00. The molecule has 3 rings (SSSR count). The lowest BCUT2D eigenvalue weighted by Gasteiger charge is -2.04. The van der Waals surface area contributed by atoms with Crippen molar-refractivity contribution in [3.63, 3.8) is 0 Å². The fourth-order valence-corrected chi connectivity index (χ4v) is 3.99. The SMILES string of the molecule is CC(C)c1nc(SCc2nc3c(Br)cc(Br)cc3c(=O)[nH]2)n[nH]1. The van der Waals surface area contributed by atoms with Gasteiger partial charge in [-0.05, 0) is 28.1 Å². The first-order valence-electron chi connectivity index (χ1n) is 6.87. The van der Waals surface area contributed by atoms with Crippen LogP contribution in [0.3, 0.4) is 0 Å². The lowest BCUT2D eigenvalue weighted by molar-refractivity contribution is 0.780. The maximum absolute atomic E-state index is 12.2. The van der Waals surface area contributed by atoms with Crippen molar-refractivity contribution in [1.82, 2.24) is 25.1 Å². The van der Waals surface area contributed by atoms with Crippen LogP contribution in [0.15, 0.2) is 31.0 Å². The molecule has 0 amide bonds. The summed E-state index contributed by atoms with van der Waals surface area (Å²) in [7, 11) is 0. The van der Waals surface area contributed by atoms with Crippen molar-refractivity contribution in [2.45, 2.75) is 30.7 Å². The van der Waals surface area contributed by atoms with Crippen LogP contribution in [0, 0.1) is 0 Å². The number of benzene rings is 1. The van der Waals surface area contributed by atoms with Crippen molar-refractivity contribution < 1.29 is 0 Å². The first-order valence-corrected chi connectivity index (χ1v) is 9.44. The van der Waals surface area contributed by atoms with E-state index in [0.29, 0.717) is 33.6 Å². The van der Waals surface area contributed by atoms with E-state index < -0.39 is 0 Å². The molecule has 0 aliphatic rings. The van der Waals surface area contributed by atoms with Crippen LogP contribution >= 0.6 is 43.6 Å². The van der Waals surface area contributed by atoms with Gasteiger partial charge in [0.05, 0.1) is 16.7 Å². The maximum Gasteiger partial charge on any atom is 0.258 e. The van der Waals surface area contributed by atoms with Gasteiger partial charge in [0.15, 0.2) is 0 Å². The number of nitrogens with one attached hydrogen (secondary N) is 2. The van der Waals surface area contributed by atoms with Gasteiger partial charge in [-0.3, -0.25) is 9.89 Å². The van der Waals surface area contributed by atoms with Gasteiger partial charge in [-0.25, -0.2) is 9.97 Å². The molecular weight excluding hydrogens is 446 g/mol. The van der Waals surface area contributed by atoms with E-state index in [0.717, 1.165) is 14.8 Å². The minimum Gasteiger partial charge on any atom is -0.309 e. The van der Waals surface area contributed by atoms with Crippen molar-refractivity contribution >= 4 is 54.5 Å². The van der Waals surface area contributed by atoms with Crippen molar-refractivity contribution in [3.05, 3.63) is 43.1 Å². The van der Waals surface area contributed by atoms with E-state index in [1.165, 1.54) is 11.8 Å². The summed E-state index contributed by atoms with van der Waals surface area (Å²) in [4.78, 5) is 24.0. The standard InChI is InChI=1S/C14H13Br2N5OS/c1-6(2)12-19-14(21-20-12)23-5-10-17-11-8(13(22)18-10)3-7(15)4-9(11)16/h3-4,6H,5H2,1-2H3,(H,17,18,22)(H,19,20,21). The van der Waals surface area contributed by atoms with Gasteiger partial charge in [0.1, 0.15) is 11.6 Å². The smallest absolute Gasteiger partial charge is 0.258 e. The molecular formula is C14H13Br2N5OS. The maximum atomic E-state index is 12.2. The third-order valence-corrected chi connectivity index (χ3v) is 5.07. The van der Waals surface area contributed by atoms with E-state index in [-0.39, 0.29) is 5.56 Å². The number of aromatic amines is 2. The monoisotopic (exact) mass is 457 g/mol. The number of rotatable bonds is 4. The minimum atomic E-state index is -0.162. The lowest BCUT2D eigenvalue weighted by Crippen LogP contribution is -2.11. The van der Waals surface area contributed by atoms with E-state index in [2.05, 4.69) is 57.0 Å². The summed E-state index contributed by atoms with van der Waals surface area (Å²) in [6, 6.07) is 3.63. The Kier molecular flexibility index (Phi) is 4.88. The van der Waals surface area contributed by atoms with Crippen LogP contribution in [0.2, 0.25) is 0 Å². The third-order valence-electron chi connectivity index (χ3n) is 3.14. The fraction of sp³-hybridized carbons (Fsp3) is 0.286. The van der Waals surface area contributed by atoms with Crippen LogP contribution in [0.5, 0.6) is 0 Å². The van der Waals surface area contributed by atoms with Gasteiger partial charge in [-0.2, -0.15) is 0 Å². The molecule has 0 spiro atoms. The third kappa shape index (κ3) is 3.67. The molecule has 9 heteroatoms. The highest BCUT2D eigenvalue weighted by atomic mass is 79.9. The van der Waals surface area contributed by atoms with Gasteiger partial charge in [-0.15, -0.1) is 5.10 Å². The number of thioether (sulfide) groups is 1. The van der Waals surface area contributed by atoms with Gasteiger partial charge in [0.25, 0.3) is 5.56 Å². The summed E-state index contributed by atoms with van der Waals surface area (Å²) in [5.41, 5.74) is 0.482. The summed E-state index contributed by atoms with van der Waals surface area (Å²) < 4.78 is 1.60. The van der Waals surface area contributed by atoms with E-state index >= 15 is 0 Å². The van der Waals surface area contributed by atoms with Crippen LogP contribution in [-0.2, 0) is 5.75 Å². The average Bonchev–Trinajstić information content (AvgIpc) is 2.95. The quantitative estimate of drug-likeness (QED) is 0.577. The molecule has 3 aromatic rings. The summed E-state index contributed by atoms with van der Waals surface area (Å²) >= 11 is 8.25. The molecule has 0 bridgehead atoms. The average molecular weight is 459 g/mol. The molecule has 0 atom stereocenters. The van der Waals surface area contributed by atoms with Gasteiger partial charge in [-0.1, -0.05) is 41.5 Å². The highest BCUT2D eigenvalue weighted by Crippen LogP contribution is 2.26. The molecule has 0 fully saturated rings. The second-order valence-corrected chi connectivity index (χ2v) is 7.96. The summed E-state index contributed by atoms with van der Waals surface area (Å²) in [6.45, 7) is 4.10. The van der Waals surface area contributed by atoms with Crippen molar-refractivity contribution in [2.24, 2.45) is 0 Å². The normalized spacial score (nSPS) is 11.5. The highest BCUT2D eigenvalue weighted by molar-refractivity contribution is 9.11. The van der Waals surface area contributed by atoms with Gasteiger partial charge in [0, 0.05) is 14.9 Å².